The van der Waals surface area contributed by atoms with Crippen molar-refractivity contribution in [3.63, 3.8) is 0 Å². The highest BCUT2D eigenvalue weighted by Gasteiger charge is 2.12. The second kappa shape index (κ2) is 11.7. The van der Waals surface area contributed by atoms with E-state index >= 15 is 0 Å². The molecule has 0 aromatic rings. The lowest BCUT2D eigenvalue weighted by molar-refractivity contribution is 0.427. The predicted molar refractivity (Wildman–Crippen MR) is 94.8 cm³/mol. The van der Waals surface area contributed by atoms with Crippen LogP contribution in [0.5, 0.6) is 0 Å². The maximum Gasteiger partial charge on any atom is 0.211 e. The number of sulfonamides is 1. The zero-order valence-corrected chi connectivity index (χ0v) is 15.7. The number of nitrogens with zero attached hydrogens (tertiary/aromatic N) is 2. The third kappa shape index (κ3) is 10.8. The molecule has 0 spiro atoms. The Hall–Kier alpha value is -0.820. The average molecular weight is 335 g/mol. The Balaban J connectivity index is 4.15. The standard InChI is InChI=1S/C15H34N4O2S/c1-6-16-15(17-11-8-10-14(3)4)18-12-9-13-19(7-2)22(5,20)21/h14H,6-13H2,1-5H3,(H2,16,17,18). The van der Waals surface area contributed by atoms with Crippen LogP contribution in [0.25, 0.3) is 0 Å². The first-order valence-electron chi connectivity index (χ1n) is 8.28. The maximum atomic E-state index is 11.5. The summed E-state index contributed by atoms with van der Waals surface area (Å²) in [5, 5.41) is 6.53. The van der Waals surface area contributed by atoms with Crippen LogP contribution in [0.15, 0.2) is 4.99 Å². The van der Waals surface area contributed by atoms with Crippen molar-refractivity contribution in [3.05, 3.63) is 0 Å². The van der Waals surface area contributed by atoms with Crippen LogP contribution in [-0.2, 0) is 10.0 Å². The van der Waals surface area contributed by atoms with Crippen LogP contribution in [0.1, 0.15) is 47.0 Å². The SMILES string of the molecule is CCNC(=NCCCN(CC)S(C)(=O)=O)NCCCC(C)C. The molecule has 0 amide bonds. The van der Waals surface area contributed by atoms with Crippen LogP contribution >= 0.6 is 0 Å². The van der Waals surface area contributed by atoms with E-state index in [-0.39, 0.29) is 0 Å². The third-order valence-electron chi connectivity index (χ3n) is 3.25. The summed E-state index contributed by atoms with van der Waals surface area (Å²) in [7, 11) is -3.10. The first-order valence-corrected chi connectivity index (χ1v) is 10.1. The quantitative estimate of drug-likeness (QED) is 0.342. The van der Waals surface area contributed by atoms with Crippen LogP contribution < -0.4 is 10.6 Å². The van der Waals surface area contributed by atoms with Gasteiger partial charge in [0.1, 0.15) is 0 Å². The second-order valence-corrected chi connectivity index (χ2v) is 7.81. The molecule has 0 fully saturated rings. The summed E-state index contributed by atoms with van der Waals surface area (Å²) in [6.07, 6.45) is 4.30. The molecular weight excluding hydrogens is 300 g/mol. The molecule has 0 radical (unpaired) electrons. The molecule has 0 aliphatic carbocycles. The minimum absolute atomic E-state index is 0.510. The van der Waals surface area contributed by atoms with Crippen molar-refractivity contribution in [2.75, 3.05) is 39.0 Å². The molecule has 0 rings (SSSR count). The van der Waals surface area contributed by atoms with E-state index in [2.05, 4.69) is 29.5 Å². The molecule has 0 atom stereocenters. The van der Waals surface area contributed by atoms with Gasteiger partial charge in [-0.3, -0.25) is 4.99 Å². The largest absolute Gasteiger partial charge is 0.357 e. The number of hydrogen-bond acceptors (Lipinski definition) is 3. The van der Waals surface area contributed by atoms with E-state index in [0.717, 1.165) is 37.8 Å². The van der Waals surface area contributed by atoms with Crippen LogP contribution in [0.4, 0.5) is 0 Å². The predicted octanol–water partition coefficient (Wildman–Crippen LogP) is 1.65. The summed E-state index contributed by atoms with van der Waals surface area (Å²) in [5.41, 5.74) is 0. The molecule has 22 heavy (non-hydrogen) atoms. The molecule has 2 N–H and O–H groups in total. The third-order valence-corrected chi connectivity index (χ3v) is 4.63. The Labute approximate surface area is 136 Å². The summed E-state index contributed by atoms with van der Waals surface area (Å²) in [6, 6.07) is 0. The Morgan fingerprint density at radius 1 is 1.18 bits per heavy atom. The van der Waals surface area contributed by atoms with Gasteiger partial charge in [0, 0.05) is 32.7 Å². The smallest absolute Gasteiger partial charge is 0.211 e. The minimum atomic E-state index is -3.10. The van der Waals surface area contributed by atoms with E-state index in [4.69, 9.17) is 0 Å². The summed E-state index contributed by atoms with van der Waals surface area (Å²) in [6.45, 7) is 11.7. The maximum absolute atomic E-state index is 11.5. The van der Waals surface area contributed by atoms with Crippen LogP contribution in [0.3, 0.4) is 0 Å². The van der Waals surface area contributed by atoms with Crippen molar-refractivity contribution >= 4 is 16.0 Å². The van der Waals surface area contributed by atoms with Crippen molar-refractivity contribution in [1.29, 1.82) is 0 Å². The number of hydrogen-bond donors (Lipinski definition) is 2. The van der Waals surface area contributed by atoms with E-state index in [1.807, 2.05) is 13.8 Å². The van der Waals surface area contributed by atoms with Gasteiger partial charge in [-0.1, -0.05) is 20.8 Å². The molecule has 0 saturated carbocycles. The molecule has 0 unspecified atom stereocenters. The Bertz CT molecular complexity index is 408. The molecule has 0 aromatic heterocycles. The molecule has 132 valence electrons. The van der Waals surface area contributed by atoms with E-state index in [1.165, 1.54) is 17.0 Å². The Kier molecular flexibility index (Phi) is 11.3. The van der Waals surface area contributed by atoms with Gasteiger partial charge in [0.05, 0.1) is 6.26 Å². The number of rotatable bonds is 11. The van der Waals surface area contributed by atoms with Crippen molar-refractivity contribution in [3.8, 4) is 0 Å². The van der Waals surface area contributed by atoms with Crippen molar-refractivity contribution in [1.82, 2.24) is 14.9 Å². The molecule has 0 aliphatic heterocycles. The fourth-order valence-corrected chi connectivity index (χ4v) is 2.98. The topological polar surface area (TPSA) is 73.8 Å². The van der Waals surface area contributed by atoms with Gasteiger partial charge >= 0.3 is 0 Å². The molecule has 0 aromatic carbocycles. The minimum Gasteiger partial charge on any atom is -0.357 e. The van der Waals surface area contributed by atoms with Gasteiger partial charge in [-0.2, -0.15) is 0 Å². The van der Waals surface area contributed by atoms with Gasteiger partial charge in [0.25, 0.3) is 0 Å². The van der Waals surface area contributed by atoms with Gasteiger partial charge in [-0.15, -0.1) is 0 Å². The lowest BCUT2D eigenvalue weighted by Gasteiger charge is -2.17. The molecule has 0 aliphatic rings. The molecular formula is C15H34N4O2S. The zero-order valence-electron chi connectivity index (χ0n) is 14.9. The van der Waals surface area contributed by atoms with Gasteiger partial charge in [-0.25, -0.2) is 12.7 Å². The van der Waals surface area contributed by atoms with Crippen LogP contribution in [0, 0.1) is 5.92 Å². The summed E-state index contributed by atoms with van der Waals surface area (Å²) >= 11 is 0. The highest BCUT2D eigenvalue weighted by Crippen LogP contribution is 2.02. The second-order valence-electron chi connectivity index (χ2n) is 5.83. The van der Waals surface area contributed by atoms with Crippen molar-refractivity contribution < 1.29 is 8.42 Å². The highest BCUT2D eigenvalue weighted by atomic mass is 32.2. The summed E-state index contributed by atoms with van der Waals surface area (Å²) < 4.78 is 24.5. The highest BCUT2D eigenvalue weighted by molar-refractivity contribution is 7.88. The van der Waals surface area contributed by atoms with Gasteiger partial charge in [0.15, 0.2) is 5.96 Å². The summed E-state index contributed by atoms with van der Waals surface area (Å²) in [5.74, 6) is 1.53. The molecule has 7 heteroatoms. The van der Waals surface area contributed by atoms with Gasteiger partial charge in [-0.05, 0) is 32.1 Å². The molecule has 0 bridgehead atoms. The number of nitrogens with one attached hydrogen (secondary N) is 2. The monoisotopic (exact) mass is 334 g/mol. The van der Waals surface area contributed by atoms with E-state index in [9.17, 15) is 8.42 Å². The van der Waals surface area contributed by atoms with E-state index < -0.39 is 10.0 Å². The number of aliphatic imine (C=N–C) groups is 1. The van der Waals surface area contributed by atoms with Gasteiger partial charge in [0.2, 0.25) is 10.0 Å². The fourth-order valence-electron chi connectivity index (χ4n) is 2.06. The lowest BCUT2D eigenvalue weighted by atomic mass is 10.1. The fraction of sp³-hybridized carbons (Fsp3) is 0.933. The first-order chi connectivity index (χ1) is 10.3. The van der Waals surface area contributed by atoms with E-state index in [0.29, 0.717) is 19.6 Å². The van der Waals surface area contributed by atoms with Crippen LogP contribution in [-0.4, -0.2) is 57.7 Å². The van der Waals surface area contributed by atoms with Crippen molar-refractivity contribution in [2.45, 2.75) is 47.0 Å². The molecule has 6 nitrogen and oxygen atoms in total. The lowest BCUT2D eigenvalue weighted by Crippen LogP contribution is -2.38. The van der Waals surface area contributed by atoms with E-state index in [1.54, 1.807) is 0 Å². The average Bonchev–Trinajstić information content (AvgIpc) is 2.41. The molecule has 0 saturated heterocycles. The summed E-state index contributed by atoms with van der Waals surface area (Å²) in [4.78, 5) is 4.49. The number of guanidine groups is 1. The molecule has 0 heterocycles. The zero-order chi connectivity index (χ0) is 17.0. The van der Waals surface area contributed by atoms with Gasteiger partial charge < -0.3 is 10.6 Å². The normalized spacial score (nSPS) is 13.0. The van der Waals surface area contributed by atoms with Crippen molar-refractivity contribution in [2.24, 2.45) is 10.9 Å². The van der Waals surface area contributed by atoms with Crippen LogP contribution in [0.2, 0.25) is 0 Å². The Morgan fingerprint density at radius 2 is 1.86 bits per heavy atom. The first kappa shape index (κ1) is 21.2. The Morgan fingerprint density at radius 3 is 2.36 bits per heavy atom.